The molecule has 1 aromatic rings. The third-order valence-electron chi connectivity index (χ3n) is 3.40. The molecule has 1 amide bonds. The number of carbonyl (C=O) groups is 1. The molecule has 1 aliphatic heterocycles. The molecule has 1 fully saturated rings. The van der Waals surface area contributed by atoms with Crippen LogP contribution in [0.15, 0.2) is 23.1 Å². The van der Waals surface area contributed by atoms with E-state index in [1.54, 1.807) is 0 Å². The molecule has 2 rings (SSSR count). The van der Waals surface area contributed by atoms with Crippen molar-refractivity contribution in [2.24, 2.45) is 0 Å². The fourth-order valence-corrected chi connectivity index (χ4v) is 4.54. The van der Waals surface area contributed by atoms with Crippen molar-refractivity contribution in [3.05, 3.63) is 28.8 Å². The van der Waals surface area contributed by atoms with Crippen molar-refractivity contribution in [2.75, 3.05) is 13.6 Å². The highest BCUT2D eigenvalue weighted by atomic mass is 35.5. The van der Waals surface area contributed by atoms with Crippen LogP contribution in [0.3, 0.4) is 0 Å². The average Bonchev–Trinajstić information content (AvgIpc) is 2.96. The van der Waals surface area contributed by atoms with E-state index in [1.165, 1.54) is 29.6 Å². The van der Waals surface area contributed by atoms with E-state index in [2.05, 4.69) is 5.32 Å². The van der Waals surface area contributed by atoms with Crippen molar-refractivity contribution in [3.63, 3.8) is 0 Å². The Morgan fingerprint density at radius 2 is 2.24 bits per heavy atom. The van der Waals surface area contributed by atoms with Gasteiger partial charge >= 0.3 is 0 Å². The Kier molecular flexibility index (Phi) is 4.52. The second-order valence-electron chi connectivity index (χ2n) is 4.65. The lowest BCUT2D eigenvalue weighted by Crippen LogP contribution is -2.44. The molecule has 0 saturated carbocycles. The first-order valence-corrected chi connectivity index (χ1v) is 8.16. The van der Waals surface area contributed by atoms with Gasteiger partial charge in [-0.2, -0.15) is 9.57 Å². The van der Waals surface area contributed by atoms with Crippen LogP contribution in [0.4, 0.5) is 0 Å². The molecule has 1 N–H and O–H groups in total. The lowest BCUT2D eigenvalue weighted by molar-refractivity contribution is -0.123. The zero-order valence-corrected chi connectivity index (χ0v) is 12.9. The number of nitrogens with one attached hydrogen (secondary N) is 1. The topological polar surface area (TPSA) is 90.3 Å². The minimum atomic E-state index is -3.87. The van der Waals surface area contributed by atoms with E-state index in [0.29, 0.717) is 12.8 Å². The maximum atomic E-state index is 12.7. The molecule has 1 atom stereocenters. The maximum absolute atomic E-state index is 12.7. The average molecular weight is 328 g/mol. The molecule has 6 nitrogen and oxygen atoms in total. The molecular formula is C13H14ClN3O3S. The van der Waals surface area contributed by atoms with Crippen LogP contribution in [0.1, 0.15) is 18.4 Å². The first kappa shape index (κ1) is 15.8. The Balaban J connectivity index is 2.43. The summed E-state index contributed by atoms with van der Waals surface area (Å²) in [6.45, 7) is 0.275. The number of amides is 1. The molecule has 1 aliphatic rings. The first-order valence-electron chi connectivity index (χ1n) is 6.35. The second-order valence-corrected chi connectivity index (χ2v) is 6.91. The third-order valence-corrected chi connectivity index (χ3v) is 5.79. The predicted molar refractivity (Wildman–Crippen MR) is 77.1 cm³/mol. The molecule has 1 saturated heterocycles. The number of nitrogens with zero attached hydrogens (tertiary/aromatic N) is 2. The first-order chi connectivity index (χ1) is 9.91. The standard InChI is InChI=1S/C13H14ClN3O3S/c1-16-13(18)11-3-2-6-17(11)21(19,20)12-5-4-9(8-15)7-10(12)14/h4-5,7,11H,2-3,6H2,1H3,(H,16,18). The van der Waals surface area contributed by atoms with Crippen LogP contribution in [-0.4, -0.2) is 38.3 Å². The van der Waals surface area contributed by atoms with E-state index in [0.717, 1.165) is 0 Å². The molecule has 0 spiro atoms. The van der Waals surface area contributed by atoms with Gasteiger partial charge in [-0.3, -0.25) is 4.79 Å². The highest BCUT2D eigenvalue weighted by Crippen LogP contribution is 2.30. The van der Waals surface area contributed by atoms with Gasteiger partial charge in [0.1, 0.15) is 10.9 Å². The maximum Gasteiger partial charge on any atom is 0.245 e. The number of benzene rings is 1. The largest absolute Gasteiger partial charge is 0.358 e. The van der Waals surface area contributed by atoms with Crippen LogP contribution in [0, 0.1) is 11.3 Å². The highest BCUT2D eigenvalue weighted by Gasteiger charge is 2.39. The summed E-state index contributed by atoms with van der Waals surface area (Å²) in [7, 11) is -2.40. The van der Waals surface area contributed by atoms with E-state index < -0.39 is 16.1 Å². The molecule has 0 bridgehead atoms. The van der Waals surface area contributed by atoms with Gasteiger partial charge in [0.05, 0.1) is 16.7 Å². The van der Waals surface area contributed by atoms with Gasteiger partial charge in [-0.15, -0.1) is 0 Å². The van der Waals surface area contributed by atoms with E-state index in [9.17, 15) is 13.2 Å². The van der Waals surface area contributed by atoms with Crippen LogP contribution in [-0.2, 0) is 14.8 Å². The van der Waals surface area contributed by atoms with Crippen LogP contribution < -0.4 is 5.32 Å². The number of likely N-dealkylation sites (N-methyl/N-ethyl adjacent to an activating group) is 1. The van der Waals surface area contributed by atoms with Gasteiger partial charge in [-0.1, -0.05) is 11.6 Å². The minimum absolute atomic E-state index is 0.0170. The van der Waals surface area contributed by atoms with Crippen molar-refractivity contribution in [1.29, 1.82) is 5.26 Å². The molecule has 1 heterocycles. The summed E-state index contributed by atoms with van der Waals surface area (Å²) in [4.78, 5) is 11.7. The van der Waals surface area contributed by atoms with Crippen LogP contribution in [0.2, 0.25) is 5.02 Å². The number of sulfonamides is 1. The lowest BCUT2D eigenvalue weighted by atomic mass is 10.2. The van der Waals surface area contributed by atoms with Gasteiger partial charge in [-0.05, 0) is 31.0 Å². The lowest BCUT2D eigenvalue weighted by Gasteiger charge is -2.23. The smallest absolute Gasteiger partial charge is 0.245 e. The van der Waals surface area contributed by atoms with Crippen LogP contribution in [0.5, 0.6) is 0 Å². The highest BCUT2D eigenvalue weighted by molar-refractivity contribution is 7.89. The van der Waals surface area contributed by atoms with Gasteiger partial charge in [0.15, 0.2) is 0 Å². The molecule has 112 valence electrons. The number of carbonyl (C=O) groups excluding carboxylic acids is 1. The number of nitriles is 1. The summed E-state index contributed by atoms with van der Waals surface area (Å²) in [5.41, 5.74) is 0.281. The zero-order valence-electron chi connectivity index (χ0n) is 11.3. The zero-order chi connectivity index (χ0) is 15.6. The fraction of sp³-hybridized carbons (Fsp3) is 0.385. The SMILES string of the molecule is CNC(=O)C1CCCN1S(=O)(=O)c1ccc(C#N)cc1Cl. The normalized spacial score (nSPS) is 19.2. The number of hydrogen-bond acceptors (Lipinski definition) is 4. The van der Waals surface area contributed by atoms with E-state index in [1.807, 2.05) is 6.07 Å². The van der Waals surface area contributed by atoms with Gasteiger partial charge in [0.25, 0.3) is 0 Å². The van der Waals surface area contributed by atoms with Gasteiger partial charge < -0.3 is 5.32 Å². The number of halogens is 1. The molecule has 1 aromatic carbocycles. The summed E-state index contributed by atoms with van der Waals surface area (Å²) >= 11 is 5.97. The number of rotatable bonds is 3. The third kappa shape index (κ3) is 2.88. The van der Waals surface area contributed by atoms with E-state index in [-0.39, 0.29) is 27.9 Å². The molecule has 0 radical (unpaired) electrons. The van der Waals surface area contributed by atoms with Crippen LogP contribution in [0.25, 0.3) is 0 Å². The Bertz CT molecular complexity index is 712. The Morgan fingerprint density at radius 1 is 1.52 bits per heavy atom. The summed E-state index contributed by atoms with van der Waals surface area (Å²) in [6.07, 6.45) is 1.10. The van der Waals surface area contributed by atoms with Gasteiger partial charge in [0.2, 0.25) is 15.9 Å². The molecule has 21 heavy (non-hydrogen) atoms. The minimum Gasteiger partial charge on any atom is -0.358 e. The van der Waals surface area contributed by atoms with Crippen molar-refractivity contribution in [3.8, 4) is 6.07 Å². The van der Waals surface area contributed by atoms with Crippen molar-refractivity contribution < 1.29 is 13.2 Å². The number of hydrogen-bond donors (Lipinski definition) is 1. The predicted octanol–water partition coefficient (Wildman–Crippen LogP) is 1.11. The summed E-state index contributed by atoms with van der Waals surface area (Å²) in [5, 5.41) is 11.2. The monoisotopic (exact) mass is 327 g/mol. The van der Waals surface area contributed by atoms with Crippen molar-refractivity contribution in [2.45, 2.75) is 23.8 Å². The quantitative estimate of drug-likeness (QED) is 0.900. The second kappa shape index (κ2) is 6.02. The molecule has 1 unspecified atom stereocenters. The van der Waals surface area contributed by atoms with E-state index in [4.69, 9.17) is 16.9 Å². The van der Waals surface area contributed by atoms with E-state index >= 15 is 0 Å². The molecular weight excluding hydrogens is 314 g/mol. The molecule has 0 aromatic heterocycles. The van der Waals surface area contributed by atoms with Gasteiger partial charge in [-0.25, -0.2) is 8.42 Å². The molecule has 0 aliphatic carbocycles. The van der Waals surface area contributed by atoms with Gasteiger partial charge in [0, 0.05) is 13.6 Å². The Morgan fingerprint density at radius 3 is 2.81 bits per heavy atom. The summed E-state index contributed by atoms with van der Waals surface area (Å²) in [5.74, 6) is -0.333. The summed E-state index contributed by atoms with van der Waals surface area (Å²) in [6, 6.07) is 5.18. The Labute approximate surface area is 128 Å². The summed E-state index contributed by atoms with van der Waals surface area (Å²) < 4.78 is 26.5. The van der Waals surface area contributed by atoms with Crippen molar-refractivity contribution in [1.82, 2.24) is 9.62 Å². The fourth-order valence-electron chi connectivity index (χ4n) is 2.36. The molecule has 8 heteroatoms. The van der Waals surface area contributed by atoms with Crippen molar-refractivity contribution >= 4 is 27.5 Å². The Hall–Kier alpha value is -1.62. The van der Waals surface area contributed by atoms with Crippen LogP contribution >= 0.6 is 11.6 Å².